The molecular weight excluding hydrogens is 492 g/mol. The van der Waals surface area contributed by atoms with Gasteiger partial charge in [-0.25, -0.2) is 13.2 Å². The second-order valence-corrected chi connectivity index (χ2v) is 10.0. The highest BCUT2D eigenvalue weighted by Crippen LogP contribution is 2.30. The molecule has 0 atom stereocenters. The number of nitrogens with zero attached hydrogens (tertiary/aromatic N) is 1. The van der Waals surface area contributed by atoms with Crippen LogP contribution in [0.15, 0.2) is 71.6 Å². The number of carbonyl (C=O) groups excluding carboxylic acids is 1. The van der Waals surface area contributed by atoms with Crippen LogP contribution in [0.2, 0.25) is 5.02 Å². The Kier molecular flexibility index (Phi) is 8.37. The molecule has 3 aromatic rings. The molecule has 0 saturated carbocycles. The summed E-state index contributed by atoms with van der Waals surface area (Å²) < 4.78 is 33.5. The van der Waals surface area contributed by atoms with Gasteiger partial charge in [0.05, 0.1) is 22.7 Å². The Labute approximate surface area is 209 Å². The number of nitrogens with one attached hydrogen (secondary N) is 1. The van der Waals surface area contributed by atoms with Gasteiger partial charge in [-0.05, 0) is 67.9 Å². The Balaban J connectivity index is 1.71. The molecule has 3 aromatic carbocycles. The zero-order valence-corrected chi connectivity index (χ0v) is 20.8. The van der Waals surface area contributed by atoms with Crippen LogP contribution in [0.1, 0.15) is 21.5 Å². The molecular formula is C25H25ClN2O6S. The number of carbonyl (C=O) groups is 2. The van der Waals surface area contributed by atoms with Gasteiger partial charge in [-0.1, -0.05) is 35.4 Å². The third-order valence-electron chi connectivity index (χ3n) is 5.20. The molecule has 3 rings (SSSR count). The van der Waals surface area contributed by atoms with Gasteiger partial charge in [0.15, 0.2) is 0 Å². The SMILES string of the molecule is Cc1ccc(S(=O)(=O)N(CC(=O)NCCOc2ccc(C(=O)O)cc2)c2cccc(Cl)c2C)cc1. The summed E-state index contributed by atoms with van der Waals surface area (Å²) in [6.07, 6.45) is 0. The molecule has 0 aliphatic rings. The smallest absolute Gasteiger partial charge is 0.335 e. The van der Waals surface area contributed by atoms with E-state index in [1.807, 2.05) is 6.92 Å². The van der Waals surface area contributed by atoms with Crippen LogP contribution in [0.3, 0.4) is 0 Å². The molecule has 0 aromatic heterocycles. The molecule has 0 aliphatic carbocycles. The summed E-state index contributed by atoms with van der Waals surface area (Å²) in [4.78, 5) is 23.7. The predicted molar refractivity (Wildman–Crippen MR) is 134 cm³/mol. The molecule has 8 nitrogen and oxygen atoms in total. The van der Waals surface area contributed by atoms with Crippen molar-refractivity contribution in [1.82, 2.24) is 5.32 Å². The van der Waals surface area contributed by atoms with Crippen LogP contribution in [-0.2, 0) is 14.8 Å². The number of carboxylic acid groups (broad SMARTS) is 1. The summed E-state index contributed by atoms with van der Waals surface area (Å²) in [6, 6.07) is 17.1. The lowest BCUT2D eigenvalue weighted by Crippen LogP contribution is -2.42. The Morgan fingerprint density at radius 3 is 2.29 bits per heavy atom. The molecule has 10 heteroatoms. The molecule has 0 heterocycles. The number of benzene rings is 3. The number of sulfonamides is 1. The Morgan fingerprint density at radius 1 is 1.00 bits per heavy atom. The Morgan fingerprint density at radius 2 is 1.66 bits per heavy atom. The maximum atomic E-state index is 13.5. The zero-order valence-electron chi connectivity index (χ0n) is 19.2. The van der Waals surface area contributed by atoms with Crippen LogP contribution in [0.4, 0.5) is 5.69 Å². The third kappa shape index (κ3) is 6.52. The van der Waals surface area contributed by atoms with Gasteiger partial charge in [0.2, 0.25) is 5.91 Å². The normalized spacial score (nSPS) is 11.1. The fourth-order valence-electron chi connectivity index (χ4n) is 3.24. The molecule has 0 spiro atoms. The van der Waals surface area contributed by atoms with Crippen molar-refractivity contribution in [1.29, 1.82) is 0 Å². The standard InChI is InChI=1S/C25H25ClN2O6S/c1-17-6-12-21(13-7-17)35(32,33)28(23-5-3-4-22(26)18(23)2)16-24(29)27-14-15-34-20-10-8-19(9-11-20)25(30)31/h3-13H,14-16H2,1-2H3,(H,27,29)(H,30,31). The molecule has 0 saturated heterocycles. The van der Waals surface area contributed by atoms with E-state index >= 15 is 0 Å². The number of aryl methyl sites for hydroxylation is 1. The van der Waals surface area contributed by atoms with E-state index in [1.165, 1.54) is 36.4 Å². The fourth-order valence-corrected chi connectivity index (χ4v) is 4.89. The van der Waals surface area contributed by atoms with Crippen molar-refractivity contribution in [2.45, 2.75) is 18.7 Å². The van der Waals surface area contributed by atoms with E-state index in [-0.39, 0.29) is 23.6 Å². The fraction of sp³-hybridized carbons (Fsp3) is 0.200. The quantitative estimate of drug-likeness (QED) is 0.393. The van der Waals surface area contributed by atoms with Crippen molar-refractivity contribution in [3.05, 3.63) is 88.4 Å². The number of anilines is 1. The number of aromatic carboxylic acids is 1. The van der Waals surface area contributed by atoms with Gasteiger partial charge in [-0.3, -0.25) is 9.10 Å². The molecule has 0 bridgehead atoms. The summed E-state index contributed by atoms with van der Waals surface area (Å²) in [5.41, 5.74) is 1.88. The summed E-state index contributed by atoms with van der Waals surface area (Å²) in [5.74, 6) is -1.11. The average Bonchev–Trinajstić information content (AvgIpc) is 2.83. The number of ether oxygens (including phenoxy) is 1. The predicted octanol–water partition coefficient (Wildman–Crippen LogP) is 4.05. The minimum atomic E-state index is -4.06. The second-order valence-electron chi connectivity index (χ2n) is 7.74. The summed E-state index contributed by atoms with van der Waals surface area (Å²) in [6.45, 7) is 3.32. The summed E-state index contributed by atoms with van der Waals surface area (Å²) >= 11 is 6.23. The first-order valence-electron chi connectivity index (χ1n) is 10.7. The summed E-state index contributed by atoms with van der Waals surface area (Å²) in [5, 5.41) is 12.0. The average molecular weight is 517 g/mol. The van der Waals surface area contributed by atoms with E-state index in [9.17, 15) is 18.0 Å². The molecule has 35 heavy (non-hydrogen) atoms. The number of rotatable bonds is 10. The van der Waals surface area contributed by atoms with E-state index in [4.69, 9.17) is 21.4 Å². The van der Waals surface area contributed by atoms with Crippen molar-refractivity contribution in [3.63, 3.8) is 0 Å². The molecule has 184 valence electrons. The van der Waals surface area contributed by atoms with Crippen molar-refractivity contribution in [2.24, 2.45) is 0 Å². The first-order valence-corrected chi connectivity index (χ1v) is 12.5. The van der Waals surface area contributed by atoms with Crippen LogP contribution in [0, 0.1) is 13.8 Å². The Hall–Kier alpha value is -3.56. The molecule has 0 aliphatic heterocycles. The highest BCUT2D eigenvalue weighted by Gasteiger charge is 2.28. The second kappa shape index (κ2) is 11.2. The lowest BCUT2D eigenvalue weighted by Gasteiger charge is -2.26. The minimum absolute atomic E-state index is 0.0587. The van der Waals surface area contributed by atoms with Gasteiger partial charge in [0, 0.05) is 5.02 Å². The number of hydrogen-bond donors (Lipinski definition) is 2. The van der Waals surface area contributed by atoms with E-state index in [0.717, 1.165) is 9.87 Å². The zero-order chi connectivity index (χ0) is 25.6. The van der Waals surface area contributed by atoms with Crippen molar-refractivity contribution in [2.75, 3.05) is 24.0 Å². The molecule has 2 N–H and O–H groups in total. The Bertz CT molecular complexity index is 1310. The molecule has 0 fully saturated rings. The van der Waals surface area contributed by atoms with Gasteiger partial charge in [-0.15, -0.1) is 0 Å². The van der Waals surface area contributed by atoms with Crippen LogP contribution in [-0.4, -0.2) is 45.1 Å². The van der Waals surface area contributed by atoms with Gasteiger partial charge in [-0.2, -0.15) is 0 Å². The van der Waals surface area contributed by atoms with Crippen LogP contribution in [0.25, 0.3) is 0 Å². The van der Waals surface area contributed by atoms with Crippen molar-refractivity contribution < 1.29 is 27.9 Å². The van der Waals surface area contributed by atoms with E-state index < -0.39 is 28.4 Å². The lowest BCUT2D eigenvalue weighted by molar-refractivity contribution is -0.119. The van der Waals surface area contributed by atoms with Gasteiger partial charge in [0.1, 0.15) is 18.9 Å². The molecule has 0 unspecified atom stereocenters. The number of halogens is 1. The number of hydrogen-bond acceptors (Lipinski definition) is 5. The van der Waals surface area contributed by atoms with Gasteiger partial charge < -0.3 is 15.2 Å². The van der Waals surface area contributed by atoms with E-state index in [0.29, 0.717) is 22.0 Å². The lowest BCUT2D eigenvalue weighted by atomic mass is 10.2. The maximum Gasteiger partial charge on any atom is 0.335 e. The number of amides is 1. The third-order valence-corrected chi connectivity index (χ3v) is 7.38. The first kappa shape index (κ1) is 26.1. The minimum Gasteiger partial charge on any atom is -0.492 e. The maximum absolute atomic E-state index is 13.5. The first-order chi connectivity index (χ1) is 16.6. The van der Waals surface area contributed by atoms with Gasteiger partial charge >= 0.3 is 5.97 Å². The molecule has 1 amide bonds. The van der Waals surface area contributed by atoms with Gasteiger partial charge in [0.25, 0.3) is 10.0 Å². The van der Waals surface area contributed by atoms with Crippen molar-refractivity contribution in [3.8, 4) is 5.75 Å². The largest absolute Gasteiger partial charge is 0.492 e. The van der Waals surface area contributed by atoms with Crippen LogP contribution in [0.5, 0.6) is 5.75 Å². The van der Waals surface area contributed by atoms with E-state index in [1.54, 1.807) is 37.3 Å². The molecule has 0 radical (unpaired) electrons. The highest BCUT2D eigenvalue weighted by atomic mass is 35.5. The topological polar surface area (TPSA) is 113 Å². The van der Waals surface area contributed by atoms with Crippen LogP contribution >= 0.6 is 11.6 Å². The summed E-state index contributed by atoms with van der Waals surface area (Å²) in [7, 11) is -4.06. The number of carboxylic acids is 1. The highest BCUT2D eigenvalue weighted by molar-refractivity contribution is 7.92. The van der Waals surface area contributed by atoms with Crippen LogP contribution < -0.4 is 14.4 Å². The van der Waals surface area contributed by atoms with E-state index in [2.05, 4.69) is 5.32 Å². The monoisotopic (exact) mass is 516 g/mol. The van der Waals surface area contributed by atoms with Crippen molar-refractivity contribution >= 4 is 39.2 Å².